The standard InChI is InChI=1S/C19H20N2O3S3/c1-20-10-11-25-17(20)13-18-21(9-4-12-27(22,23)24)19-15-6-3-2-5-14(15)7-8-16(19)26-18/h2-3,5-8,13H,4,9-12H2,1H3/p+1. The largest absolute Gasteiger partial charge is 0.368 e. The number of thiazole rings is 1. The van der Waals surface area contributed by atoms with Crippen molar-refractivity contribution in [3.8, 4) is 0 Å². The van der Waals surface area contributed by atoms with Gasteiger partial charge in [-0.3, -0.25) is 4.55 Å². The number of rotatable bonds is 5. The molecule has 0 bridgehead atoms. The summed E-state index contributed by atoms with van der Waals surface area (Å²) in [6, 6.07) is 12.5. The van der Waals surface area contributed by atoms with Crippen LogP contribution in [-0.2, 0) is 16.7 Å². The van der Waals surface area contributed by atoms with Crippen molar-refractivity contribution in [1.29, 1.82) is 0 Å². The SMILES string of the molecule is CN1CCS/C1=C/c1sc2ccc3ccccc3c2[n+]1CCCS(=O)(=O)O. The van der Waals surface area contributed by atoms with E-state index in [9.17, 15) is 8.42 Å². The number of hydrogen-bond acceptors (Lipinski definition) is 5. The summed E-state index contributed by atoms with van der Waals surface area (Å²) in [7, 11) is -1.86. The summed E-state index contributed by atoms with van der Waals surface area (Å²) >= 11 is 3.56. The highest BCUT2D eigenvalue weighted by Crippen LogP contribution is 2.32. The van der Waals surface area contributed by atoms with Crippen LogP contribution in [-0.4, -0.2) is 43.0 Å². The molecule has 1 aliphatic heterocycles. The van der Waals surface area contributed by atoms with Crippen molar-refractivity contribution in [1.82, 2.24) is 4.90 Å². The minimum absolute atomic E-state index is 0.229. The molecule has 2 aromatic carbocycles. The van der Waals surface area contributed by atoms with Gasteiger partial charge < -0.3 is 4.90 Å². The van der Waals surface area contributed by atoms with Crippen LogP contribution in [0.4, 0.5) is 0 Å². The Balaban J connectivity index is 1.85. The topological polar surface area (TPSA) is 61.5 Å². The summed E-state index contributed by atoms with van der Waals surface area (Å²) in [6.45, 7) is 1.58. The van der Waals surface area contributed by atoms with Crippen LogP contribution in [0.15, 0.2) is 41.4 Å². The van der Waals surface area contributed by atoms with E-state index in [2.05, 4.69) is 46.9 Å². The third kappa shape index (κ3) is 3.99. The molecule has 4 rings (SSSR count). The van der Waals surface area contributed by atoms with Gasteiger partial charge >= 0.3 is 0 Å². The second-order valence-corrected chi connectivity index (χ2v) is 10.4. The van der Waals surface area contributed by atoms with Crippen LogP contribution in [0.1, 0.15) is 11.4 Å². The number of nitrogens with zero attached hydrogens (tertiary/aromatic N) is 2. The molecule has 1 N–H and O–H groups in total. The maximum absolute atomic E-state index is 11.2. The number of fused-ring (bicyclic) bond motifs is 3. The average Bonchev–Trinajstić information content (AvgIpc) is 3.18. The molecule has 8 heteroatoms. The van der Waals surface area contributed by atoms with Crippen molar-refractivity contribution in [3.05, 3.63) is 46.4 Å². The third-order valence-corrected chi connectivity index (χ3v) is 7.71. The highest BCUT2D eigenvalue weighted by molar-refractivity contribution is 8.03. The first-order chi connectivity index (χ1) is 12.9. The lowest BCUT2D eigenvalue weighted by Crippen LogP contribution is -2.36. The molecule has 27 heavy (non-hydrogen) atoms. The van der Waals surface area contributed by atoms with Gasteiger partial charge in [0.15, 0.2) is 6.54 Å². The van der Waals surface area contributed by atoms with E-state index >= 15 is 0 Å². The van der Waals surface area contributed by atoms with E-state index in [0.29, 0.717) is 13.0 Å². The molecule has 2 heterocycles. The molecule has 1 aromatic heterocycles. The highest BCUT2D eigenvalue weighted by Gasteiger charge is 2.24. The molecular weight excluding hydrogens is 400 g/mol. The Morgan fingerprint density at radius 1 is 1.26 bits per heavy atom. The Hall–Kier alpha value is -1.61. The molecule has 0 spiro atoms. The first-order valence-electron chi connectivity index (χ1n) is 8.77. The molecule has 1 fully saturated rings. The fourth-order valence-corrected chi connectivity index (χ4v) is 6.16. The molecule has 142 valence electrons. The van der Waals surface area contributed by atoms with Gasteiger partial charge in [0.25, 0.3) is 15.1 Å². The zero-order valence-electron chi connectivity index (χ0n) is 15.0. The van der Waals surface area contributed by atoms with E-state index in [4.69, 9.17) is 4.55 Å². The molecule has 0 radical (unpaired) electrons. The van der Waals surface area contributed by atoms with Gasteiger partial charge in [0, 0.05) is 25.8 Å². The van der Waals surface area contributed by atoms with Gasteiger partial charge in [-0.15, -0.1) is 11.8 Å². The summed E-state index contributed by atoms with van der Waals surface area (Å²) in [5, 5.41) is 4.66. The second-order valence-electron chi connectivity index (χ2n) is 6.62. The lowest BCUT2D eigenvalue weighted by molar-refractivity contribution is -0.667. The first kappa shape index (κ1) is 18.7. The predicted octanol–water partition coefficient (Wildman–Crippen LogP) is 3.60. The number of thioether (sulfide) groups is 1. The summed E-state index contributed by atoms with van der Waals surface area (Å²) < 4.78 is 34.8. The smallest absolute Gasteiger partial charge is 0.265 e. The quantitative estimate of drug-likeness (QED) is 0.504. The van der Waals surface area contributed by atoms with Crippen molar-refractivity contribution >= 4 is 60.3 Å². The maximum Gasteiger partial charge on any atom is 0.265 e. The summed E-state index contributed by atoms with van der Waals surface area (Å²) in [5.74, 6) is 0.853. The van der Waals surface area contributed by atoms with Crippen LogP contribution in [0.2, 0.25) is 0 Å². The fourth-order valence-electron chi connectivity index (χ4n) is 3.37. The van der Waals surface area contributed by atoms with Crippen molar-refractivity contribution in [3.63, 3.8) is 0 Å². The summed E-state index contributed by atoms with van der Waals surface area (Å²) in [6.07, 6.45) is 2.57. The summed E-state index contributed by atoms with van der Waals surface area (Å²) in [4.78, 5) is 2.25. The zero-order chi connectivity index (χ0) is 19.0. The highest BCUT2D eigenvalue weighted by atomic mass is 32.2. The molecule has 0 atom stereocenters. The van der Waals surface area contributed by atoms with Gasteiger partial charge in [-0.05, 0) is 17.5 Å². The van der Waals surface area contributed by atoms with E-state index in [0.717, 1.165) is 33.6 Å². The average molecular weight is 422 g/mol. The molecule has 0 aliphatic carbocycles. The second kappa shape index (κ2) is 7.43. The minimum atomic E-state index is -3.95. The normalized spacial score (nSPS) is 16.8. The molecule has 0 amide bonds. The van der Waals surface area contributed by atoms with Crippen molar-refractivity contribution in [2.45, 2.75) is 13.0 Å². The molecule has 0 unspecified atom stereocenters. The van der Waals surface area contributed by atoms with Crippen LogP contribution in [0.25, 0.3) is 27.1 Å². The number of benzene rings is 2. The van der Waals surface area contributed by atoms with Gasteiger partial charge in [0.2, 0.25) is 5.52 Å². The van der Waals surface area contributed by atoms with Gasteiger partial charge in [-0.1, -0.05) is 35.6 Å². The van der Waals surface area contributed by atoms with Crippen molar-refractivity contribution in [2.75, 3.05) is 25.1 Å². The van der Waals surface area contributed by atoms with E-state index in [-0.39, 0.29) is 5.75 Å². The minimum Gasteiger partial charge on any atom is -0.368 e. The van der Waals surface area contributed by atoms with E-state index in [1.165, 1.54) is 9.73 Å². The molecule has 0 saturated carbocycles. The van der Waals surface area contributed by atoms with Crippen LogP contribution in [0.5, 0.6) is 0 Å². The lowest BCUT2D eigenvalue weighted by Gasteiger charge is -2.09. The molecule has 1 saturated heterocycles. The van der Waals surface area contributed by atoms with Gasteiger partial charge in [-0.2, -0.15) is 13.0 Å². The van der Waals surface area contributed by atoms with Crippen LogP contribution < -0.4 is 4.57 Å². The zero-order valence-corrected chi connectivity index (χ0v) is 17.4. The van der Waals surface area contributed by atoms with E-state index < -0.39 is 10.1 Å². The van der Waals surface area contributed by atoms with Gasteiger partial charge in [0.1, 0.15) is 4.70 Å². The predicted molar refractivity (Wildman–Crippen MR) is 114 cm³/mol. The Bertz CT molecular complexity index is 1140. The Morgan fingerprint density at radius 3 is 2.81 bits per heavy atom. The fraction of sp³-hybridized carbons (Fsp3) is 0.316. The molecule has 3 aromatic rings. The first-order valence-corrected chi connectivity index (χ1v) is 12.2. The van der Waals surface area contributed by atoms with E-state index in [1.807, 2.05) is 23.9 Å². The van der Waals surface area contributed by atoms with Crippen molar-refractivity contribution < 1.29 is 17.5 Å². The lowest BCUT2D eigenvalue weighted by atomic mass is 10.1. The van der Waals surface area contributed by atoms with Gasteiger partial charge in [-0.25, -0.2) is 0 Å². The van der Waals surface area contributed by atoms with Gasteiger partial charge in [0.05, 0.1) is 22.2 Å². The third-order valence-electron chi connectivity index (χ3n) is 4.70. The number of aryl methyl sites for hydroxylation is 1. The van der Waals surface area contributed by atoms with Crippen LogP contribution in [0.3, 0.4) is 0 Å². The number of hydrogen-bond donors (Lipinski definition) is 1. The monoisotopic (exact) mass is 421 g/mol. The Labute approximate surface area is 167 Å². The number of aromatic nitrogens is 1. The summed E-state index contributed by atoms with van der Waals surface area (Å²) in [5.41, 5.74) is 1.13. The Kier molecular flexibility index (Phi) is 5.15. The van der Waals surface area contributed by atoms with Crippen LogP contribution >= 0.6 is 23.1 Å². The Morgan fingerprint density at radius 2 is 2.07 bits per heavy atom. The van der Waals surface area contributed by atoms with Crippen molar-refractivity contribution in [2.24, 2.45) is 0 Å². The molecule has 1 aliphatic rings. The molecule has 5 nitrogen and oxygen atoms in total. The maximum atomic E-state index is 11.2. The van der Waals surface area contributed by atoms with Crippen LogP contribution in [0, 0.1) is 0 Å². The molecular formula is C19H21N2O3S3+. The van der Waals surface area contributed by atoms with E-state index in [1.54, 1.807) is 11.3 Å².